The molecule has 0 saturated heterocycles. The summed E-state index contributed by atoms with van der Waals surface area (Å²) in [6, 6.07) is 9.10. The Balaban J connectivity index is 1.93. The Morgan fingerprint density at radius 3 is 2.57 bits per heavy atom. The lowest BCUT2D eigenvalue weighted by molar-refractivity contribution is 0.0947. The zero-order valence-electron chi connectivity index (χ0n) is 20.5. The summed E-state index contributed by atoms with van der Waals surface area (Å²) in [7, 11) is 8.90. The number of nitrogens with zero attached hydrogens (tertiary/aromatic N) is 3. The highest BCUT2D eigenvalue weighted by atomic mass is 35.5. The molecule has 0 aliphatic rings. The summed E-state index contributed by atoms with van der Waals surface area (Å²) in [5.74, 6) is 2.06. The molecule has 0 atom stereocenters. The average molecular weight is 510 g/mol. The Hall–Kier alpha value is -3.05. The van der Waals surface area contributed by atoms with Crippen LogP contribution in [0.5, 0.6) is 11.5 Å². The van der Waals surface area contributed by atoms with Gasteiger partial charge in [-0.15, -0.1) is 22.0 Å². The van der Waals surface area contributed by atoms with Crippen LogP contribution < -0.4 is 25.4 Å². The minimum absolute atomic E-state index is 0.149. The van der Waals surface area contributed by atoms with Crippen molar-refractivity contribution in [1.29, 1.82) is 0 Å². The van der Waals surface area contributed by atoms with Gasteiger partial charge in [0, 0.05) is 30.4 Å². The molecule has 0 radical (unpaired) electrons. The highest BCUT2D eigenvalue weighted by molar-refractivity contribution is 7.98. The van der Waals surface area contributed by atoms with Crippen LogP contribution >= 0.6 is 23.4 Å². The van der Waals surface area contributed by atoms with Crippen LogP contribution in [0.3, 0.4) is 0 Å². The molecule has 1 aromatic carbocycles. The van der Waals surface area contributed by atoms with Crippen LogP contribution in [0, 0.1) is 0 Å². The summed E-state index contributed by atoms with van der Waals surface area (Å²) < 4.78 is 10.7. The fourth-order valence-corrected chi connectivity index (χ4v) is 3.89. The number of carbonyl (C=O) groups is 1. The van der Waals surface area contributed by atoms with Crippen molar-refractivity contribution >= 4 is 70.1 Å². The first-order chi connectivity index (χ1) is 16.6. The Labute approximate surface area is 216 Å². The number of anilines is 3. The number of benzene rings is 1. The summed E-state index contributed by atoms with van der Waals surface area (Å²) in [6.45, 7) is 0.421. The van der Waals surface area contributed by atoms with E-state index in [9.17, 15) is 4.79 Å². The number of rotatable bonds is 10. The van der Waals surface area contributed by atoms with Gasteiger partial charge in [-0.3, -0.25) is 4.79 Å². The highest BCUT2D eigenvalue weighted by Crippen LogP contribution is 2.30. The highest BCUT2D eigenvalue weighted by Gasteiger charge is 2.22. The Bertz CT molecular complexity index is 1220. The monoisotopic (exact) mass is 510 g/mol. The van der Waals surface area contributed by atoms with Crippen molar-refractivity contribution in [3.63, 3.8) is 0 Å². The van der Waals surface area contributed by atoms with Gasteiger partial charge >= 0.3 is 0 Å². The molecular formula is C21H26B3ClN6O3S. The van der Waals surface area contributed by atoms with E-state index in [1.807, 2.05) is 48.0 Å². The van der Waals surface area contributed by atoms with Gasteiger partial charge in [-0.2, -0.15) is 0 Å². The standard InChI is InChI=1S/C21H26B3ClN6O3S/c1-33-13-5-4-11(15(7-13)34-2)9-26-17-8-14(18(31-30-17)20(32)29-21(22,23)24)28-19-16(35-3)6-12(25)10-27-19/h4-8,10H,9,22-24H2,1-3H3,(H,29,32)(H2,26,27,28,30). The number of amides is 1. The summed E-state index contributed by atoms with van der Waals surface area (Å²) in [4.78, 5) is 18.2. The Morgan fingerprint density at radius 1 is 1.14 bits per heavy atom. The second-order valence-electron chi connectivity index (χ2n) is 8.56. The minimum atomic E-state index is -0.444. The fraction of sp³-hybridized carbons (Fsp3) is 0.238. The van der Waals surface area contributed by atoms with E-state index in [0.29, 0.717) is 40.4 Å². The SMILES string of the molecule is BC(B)(B)NC(=O)c1nnc(NCc2ccc(OC)cc2OC)cc1Nc1ncc(Cl)cc1SC. The van der Waals surface area contributed by atoms with Gasteiger partial charge in [0.25, 0.3) is 5.91 Å². The lowest BCUT2D eigenvalue weighted by atomic mass is 9.49. The molecule has 3 aromatic rings. The van der Waals surface area contributed by atoms with Crippen molar-refractivity contribution in [3.8, 4) is 11.5 Å². The van der Waals surface area contributed by atoms with Crippen LogP contribution in [0.1, 0.15) is 16.1 Å². The number of hydrogen-bond acceptors (Lipinski definition) is 9. The molecule has 3 rings (SSSR count). The topological polar surface area (TPSA) is 110 Å². The van der Waals surface area contributed by atoms with Gasteiger partial charge in [0.15, 0.2) is 11.5 Å². The molecule has 180 valence electrons. The Kier molecular flexibility index (Phi) is 8.79. The maximum atomic E-state index is 13.0. The predicted octanol–water partition coefficient (Wildman–Crippen LogP) is 0.860. The largest absolute Gasteiger partial charge is 0.497 e. The smallest absolute Gasteiger partial charge is 0.272 e. The second kappa shape index (κ2) is 11.6. The number of thioether (sulfide) groups is 1. The molecule has 0 unspecified atom stereocenters. The van der Waals surface area contributed by atoms with Gasteiger partial charge in [0.05, 0.1) is 29.8 Å². The number of pyridine rings is 1. The zero-order chi connectivity index (χ0) is 25.6. The van der Waals surface area contributed by atoms with Crippen molar-refractivity contribution in [3.05, 3.63) is 52.8 Å². The lowest BCUT2D eigenvalue weighted by Gasteiger charge is -2.21. The van der Waals surface area contributed by atoms with Gasteiger partial charge in [0.1, 0.15) is 40.9 Å². The average Bonchev–Trinajstić information content (AvgIpc) is 2.82. The molecule has 35 heavy (non-hydrogen) atoms. The molecule has 0 aliphatic carbocycles. The van der Waals surface area contributed by atoms with Gasteiger partial charge in [-0.1, -0.05) is 11.6 Å². The van der Waals surface area contributed by atoms with Crippen LogP contribution in [-0.2, 0) is 6.54 Å². The van der Waals surface area contributed by atoms with Crippen molar-refractivity contribution in [2.45, 2.75) is 16.7 Å². The second-order valence-corrected chi connectivity index (χ2v) is 9.84. The Morgan fingerprint density at radius 2 is 1.91 bits per heavy atom. The summed E-state index contributed by atoms with van der Waals surface area (Å²) in [5, 5.41) is 17.9. The molecule has 0 fully saturated rings. The maximum Gasteiger partial charge on any atom is 0.272 e. The fourth-order valence-electron chi connectivity index (χ4n) is 3.12. The van der Waals surface area contributed by atoms with E-state index in [4.69, 9.17) is 21.1 Å². The maximum absolute atomic E-state index is 13.0. The molecule has 9 nitrogen and oxygen atoms in total. The van der Waals surface area contributed by atoms with Crippen molar-refractivity contribution in [1.82, 2.24) is 20.5 Å². The predicted molar refractivity (Wildman–Crippen MR) is 149 cm³/mol. The van der Waals surface area contributed by atoms with Crippen LogP contribution in [-0.4, -0.2) is 70.3 Å². The van der Waals surface area contributed by atoms with Gasteiger partial charge in [0.2, 0.25) is 0 Å². The van der Waals surface area contributed by atoms with Crippen molar-refractivity contribution in [2.24, 2.45) is 0 Å². The number of methoxy groups -OCH3 is 2. The van der Waals surface area contributed by atoms with E-state index < -0.39 is 5.24 Å². The third kappa shape index (κ3) is 7.22. The summed E-state index contributed by atoms with van der Waals surface area (Å²) >= 11 is 7.59. The van der Waals surface area contributed by atoms with Gasteiger partial charge in [-0.05, 0) is 29.7 Å². The zero-order valence-corrected chi connectivity index (χ0v) is 22.1. The van der Waals surface area contributed by atoms with Crippen LogP contribution in [0.15, 0.2) is 41.4 Å². The lowest BCUT2D eigenvalue weighted by Crippen LogP contribution is -2.50. The first-order valence-electron chi connectivity index (χ1n) is 10.7. The van der Waals surface area contributed by atoms with Crippen LogP contribution in [0.25, 0.3) is 0 Å². The number of halogens is 1. The molecule has 0 bridgehead atoms. The molecule has 2 aromatic heterocycles. The van der Waals surface area contributed by atoms with E-state index in [1.165, 1.54) is 11.8 Å². The number of aromatic nitrogens is 3. The van der Waals surface area contributed by atoms with Crippen LogP contribution in [0.2, 0.25) is 5.02 Å². The molecule has 2 heterocycles. The van der Waals surface area contributed by atoms with Crippen LogP contribution in [0.4, 0.5) is 17.3 Å². The third-order valence-corrected chi connectivity index (χ3v) is 5.70. The molecule has 0 aliphatic heterocycles. The molecule has 0 saturated carbocycles. The number of hydrogen-bond donors (Lipinski definition) is 3. The number of carbonyl (C=O) groups excluding carboxylic acids is 1. The van der Waals surface area contributed by atoms with Crippen molar-refractivity contribution < 1.29 is 14.3 Å². The van der Waals surface area contributed by atoms with E-state index >= 15 is 0 Å². The van der Waals surface area contributed by atoms with Gasteiger partial charge < -0.3 is 25.4 Å². The first kappa shape index (κ1) is 26.6. The summed E-state index contributed by atoms with van der Waals surface area (Å²) in [6.07, 6.45) is 3.47. The first-order valence-corrected chi connectivity index (χ1v) is 12.4. The quantitative estimate of drug-likeness (QED) is 0.270. The normalized spacial score (nSPS) is 11.0. The van der Waals surface area contributed by atoms with E-state index in [-0.39, 0.29) is 11.6 Å². The molecule has 1 amide bonds. The molecular weight excluding hydrogens is 484 g/mol. The van der Waals surface area contributed by atoms with E-state index in [0.717, 1.165) is 10.5 Å². The molecule has 3 N–H and O–H groups in total. The minimum Gasteiger partial charge on any atom is -0.497 e. The third-order valence-electron chi connectivity index (χ3n) is 4.74. The molecule has 14 heteroatoms. The van der Waals surface area contributed by atoms with Crippen molar-refractivity contribution in [2.75, 3.05) is 31.1 Å². The summed E-state index contributed by atoms with van der Waals surface area (Å²) in [5.41, 5.74) is 1.51. The molecule has 0 spiro atoms. The number of ether oxygens (including phenoxy) is 2. The van der Waals surface area contributed by atoms with Gasteiger partial charge in [-0.25, -0.2) is 4.98 Å². The van der Waals surface area contributed by atoms with E-state index in [1.54, 1.807) is 32.5 Å². The van der Waals surface area contributed by atoms with E-state index in [2.05, 4.69) is 31.1 Å². The number of nitrogens with one attached hydrogen (secondary N) is 3.